The molecule has 0 fully saturated rings. The lowest BCUT2D eigenvalue weighted by Crippen LogP contribution is -1.96. The Balaban J connectivity index is 1.14. The normalized spacial score (nSPS) is 12.7. The van der Waals surface area contributed by atoms with Crippen molar-refractivity contribution in [3.05, 3.63) is 188 Å². The average Bonchev–Trinajstić information content (AvgIpc) is 3.34. The molecule has 2 heterocycles. The molecule has 9 rings (SSSR count). The molecule has 6 aromatic carbocycles. The molecule has 0 unspecified atom stereocenters. The van der Waals surface area contributed by atoms with Crippen LogP contribution in [0.2, 0.25) is 0 Å². The summed E-state index contributed by atoms with van der Waals surface area (Å²) in [6.07, 6.45) is 11.7. The van der Waals surface area contributed by atoms with Crippen LogP contribution in [0.1, 0.15) is 12.0 Å². The first-order chi connectivity index (χ1) is 24.7. The summed E-state index contributed by atoms with van der Waals surface area (Å²) in [4.78, 5) is 10.3. The Kier molecular flexibility index (Phi) is 7.56. The zero-order chi connectivity index (χ0) is 33.3. The van der Waals surface area contributed by atoms with Crippen LogP contribution in [0, 0.1) is 0 Å². The number of nitrogens with zero attached hydrogens (tertiary/aromatic N) is 2. The first-order valence-corrected chi connectivity index (χ1v) is 17.0. The fourth-order valence-electron chi connectivity index (χ4n) is 6.71. The highest BCUT2D eigenvalue weighted by Gasteiger charge is 2.14. The summed E-state index contributed by atoms with van der Waals surface area (Å²) in [6, 6.07) is 53.0. The first kappa shape index (κ1) is 29.6. The molecule has 0 amide bonds. The second-order valence-electron chi connectivity index (χ2n) is 12.6. The fraction of sp³-hybridized carbons (Fsp3) is 0.0213. The Hall–Kier alpha value is -6.58. The van der Waals surface area contributed by atoms with Crippen molar-refractivity contribution in [2.75, 3.05) is 0 Å². The molecule has 0 radical (unpaired) electrons. The standard InChI is InChI=1S/C47H32N2O/c1-2-5-13-33(12-4-1)38-18-11-19-40(29-38)47-48-43(31-44(49-47)39-26-27-42-41-20-8-9-21-45(41)50-46(42)30-39)35-24-22-34(23-25-35)37-17-10-16-36(28-37)32-14-6-3-7-15-32/h1,3-31H,2H2. The van der Waals surface area contributed by atoms with Crippen molar-refractivity contribution in [3.8, 4) is 56.2 Å². The molecular formula is C47H32N2O. The average molecular weight is 641 g/mol. The van der Waals surface area contributed by atoms with Crippen molar-refractivity contribution in [1.82, 2.24) is 9.97 Å². The predicted molar refractivity (Wildman–Crippen MR) is 207 cm³/mol. The zero-order valence-electron chi connectivity index (χ0n) is 27.3. The van der Waals surface area contributed by atoms with Crippen LogP contribution in [-0.4, -0.2) is 9.97 Å². The Morgan fingerprint density at radius 3 is 1.88 bits per heavy atom. The van der Waals surface area contributed by atoms with E-state index in [2.05, 4.69) is 158 Å². The van der Waals surface area contributed by atoms with E-state index >= 15 is 0 Å². The second-order valence-corrected chi connectivity index (χ2v) is 12.6. The van der Waals surface area contributed by atoms with E-state index in [1.165, 1.54) is 22.3 Å². The molecule has 2 aromatic heterocycles. The molecule has 1 aliphatic rings. The van der Waals surface area contributed by atoms with Gasteiger partial charge >= 0.3 is 0 Å². The number of hydrogen-bond acceptors (Lipinski definition) is 3. The van der Waals surface area contributed by atoms with Gasteiger partial charge in [0.1, 0.15) is 11.2 Å². The molecule has 236 valence electrons. The van der Waals surface area contributed by atoms with Gasteiger partial charge in [0.05, 0.1) is 11.4 Å². The third kappa shape index (κ3) is 5.76. The van der Waals surface area contributed by atoms with E-state index in [-0.39, 0.29) is 0 Å². The molecule has 0 saturated carbocycles. The number of rotatable bonds is 6. The van der Waals surface area contributed by atoms with E-state index in [1.807, 2.05) is 24.3 Å². The molecule has 3 heteroatoms. The van der Waals surface area contributed by atoms with E-state index in [9.17, 15) is 0 Å². The summed E-state index contributed by atoms with van der Waals surface area (Å²) in [7, 11) is 0. The minimum Gasteiger partial charge on any atom is -0.456 e. The highest BCUT2D eigenvalue weighted by atomic mass is 16.3. The summed E-state index contributed by atoms with van der Waals surface area (Å²) >= 11 is 0. The number of benzene rings is 6. The van der Waals surface area contributed by atoms with E-state index in [0.717, 1.165) is 67.6 Å². The topological polar surface area (TPSA) is 38.9 Å². The van der Waals surface area contributed by atoms with Crippen molar-refractivity contribution < 1.29 is 4.42 Å². The summed E-state index contributed by atoms with van der Waals surface area (Å²) < 4.78 is 6.27. The highest BCUT2D eigenvalue weighted by Crippen LogP contribution is 2.35. The lowest BCUT2D eigenvalue weighted by atomic mass is 9.97. The molecule has 0 atom stereocenters. The van der Waals surface area contributed by atoms with Gasteiger partial charge in [0.2, 0.25) is 0 Å². The summed E-state index contributed by atoms with van der Waals surface area (Å²) in [5, 5.41) is 2.21. The number of furan rings is 1. The second kappa shape index (κ2) is 12.8. The van der Waals surface area contributed by atoms with Gasteiger partial charge in [0.15, 0.2) is 5.82 Å². The Bertz CT molecular complexity index is 2610. The Morgan fingerprint density at radius 1 is 0.420 bits per heavy atom. The van der Waals surface area contributed by atoms with E-state index in [4.69, 9.17) is 14.4 Å². The molecule has 0 aliphatic heterocycles. The van der Waals surface area contributed by atoms with Gasteiger partial charge in [-0.3, -0.25) is 0 Å². The largest absolute Gasteiger partial charge is 0.456 e. The summed E-state index contributed by atoms with van der Waals surface area (Å²) in [5.41, 5.74) is 13.4. The van der Waals surface area contributed by atoms with Crippen molar-refractivity contribution in [2.24, 2.45) is 0 Å². The summed E-state index contributed by atoms with van der Waals surface area (Å²) in [5.74, 6) is 0.678. The maximum absolute atomic E-state index is 6.27. The van der Waals surface area contributed by atoms with E-state index < -0.39 is 0 Å². The molecule has 1 aliphatic carbocycles. The summed E-state index contributed by atoms with van der Waals surface area (Å²) in [6.45, 7) is 0. The Labute approximate surface area is 291 Å². The molecule has 0 saturated heterocycles. The molecule has 50 heavy (non-hydrogen) atoms. The SMILES string of the molecule is C1=CCC=CC(c2cccc(-c3nc(-c4ccc(-c5cccc(-c6ccccc6)c5)cc4)cc(-c4ccc5c(c4)oc4ccccc45)n3)c2)=C1. The molecule has 8 aromatic rings. The predicted octanol–water partition coefficient (Wildman–Crippen LogP) is 12.6. The maximum atomic E-state index is 6.27. The Morgan fingerprint density at radius 2 is 1.04 bits per heavy atom. The first-order valence-electron chi connectivity index (χ1n) is 17.0. The number of hydrogen-bond donors (Lipinski definition) is 0. The van der Waals surface area contributed by atoms with Crippen LogP contribution in [0.5, 0.6) is 0 Å². The van der Waals surface area contributed by atoms with Crippen molar-refractivity contribution in [2.45, 2.75) is 6.42 Å². The van der Waals surface area contributed by atoms with E-state index in [1.54, 1.807) is 0 Å². The van der Waals surface area contributed by atoms with Crippen LogP contribution in [-0.2, 0) is 0 Å². The number of para-hydroxylation sites is 1. The lowest BCUT2D eigenvalue weighted by molar-refractivity contribution is 0.669. The number of allylic oxidation sites excluding steroid dienone is 6. The minimum absolute atomic E-state index is 0.678. The minimum atomic E-state index is 0.678. The van der Waals surface area contributed by atoms with Crippen LogP contribution in [0.3, 0.4) is 0 Å². The lowest BCUT2D eigenvalue weighted by Gasteiger charge is -2.11. The van der Waals surface area contributed by atoms with Gasteiger partial charge in [-0.05, 0) is 76.2 Å². The molecule has 0 bridgehead atoms. The van der Waals surface area contributed by atoms with Gasteiger partial charge in [-0.1, -0.05) is 146 Å². The van der Waals surface area contributed by atoms with Gasteiger partial charge in [-0.2, -0.15) is 0 Å². The van der Waals surface area contributed by atoms with Gasteiger partial charge in [0.25, 0.3) is 0 Å². The fourth-order valence-corrected chi connectivity index (χ4v) is 6.71. The smallest absolute Gasteiger partial charge is 0.160 e. The third-order valence-corrected chi connectivity index (χ3v) is 9.32. The van der Waals surface area contributed by atoms with Gasteiger partial charge in [0, 0.05) is 27.5 Å². The monoisotopic (exact) mass is 640 g/mol. The van der Waals surface area contributed by atoms with Crippen LogP contribution in [0.25, 0.3) is 83.7 Å². The van der Waals surface area contributed by atoms with Crippen LogP contribution >= 0.6 is 0 Å². The van der Waals surface area contributed by atoms with Gasteiger partial charge < -0.3 is 4.42 Å². The van der Waals surface area contributed by atoms with Crippen molar-refractivity contribution >= 4 is 27.5 Å². The maximum Gasteiger partial charge on any atom is 0.160 e. The van der Waals surface area contributed by atoms with Gasteiger partial charge in [-0.15, -0.1) is 0 Å². The molecule has 0 spiro atoms. The van der Waals surface area contributed by atoms with Gasteiger partial charge in [-0.25, -0.2) is 9.97 Å². The zero-order valence-corrected chi connectivity index (χ0v) is 27.3. The van der Waals surface area contributed by atoms with E-state index in [0.29, 0.717) is 5.82 Å². The van der Waals surface area contributed by atoms with Crippen LogP contribution < -0.4 is 0 Å². The quantitative estimate of drug-likeness (QED) is 0.182. The third-order valence-electron chi connectivity index (χ3n) is 9.32. The van der Waals surface area contributed by atoms with Crippen molar-refractivity contribution in [3.63, 3.8) is 0 Å². The highest BCUT2D eigenvalue weighted by molar-refractivity contribution is 6.05. The van der Waals surface area contributed by atoms with Crippen LogP contribution in [0.15, 0.2) is 186 Å². The molecule has 0 N–H and O–H groups in total. The molecule has 3 nitrogen and oxygen atoms in total. The van der Waals surface area contributed by atoms with Crippen LogP contribution in [0.4, 0.5) is 0 Å². The number of fused-ring (bicyclic) bond motifs is 3. The van der Waals surface area contributed by atoms with Crippen molar-refractivity contribution in [1.29, 1.82) is 0 Å². The molecular weight excluding hydrogens is 609 g/mol. The number of aromatic nitrogens is 2.